The van der Waals surface area contributed by atoms with Gasteiger partial charge in [0.15, 0.2) is 0 Å². The Morgan fingerprint density at radius 2 is 1.94 bits per heavy atom. The number of rotatable bonds is 5. The van der Waals surface area contributed by atoms with Crippen LogP contribution in [0.3, 0.4) is 0 Å². The zero-order valence-electron chi connectivity index (χ0n) is 10.9. The van der Waals surface area contributed by atoms with Gasteiger partial charge in [0.05, 0.1) is 0 Å². The molecule has 1 aliphatic carbocycles. The first-order valence-corrected chi connectivity index (χ1v) is 7.18. The summed E-state index contributed by atoms with van der Waals surface area (Å²) in [6.45, 7) is 3.50. The van der Waals surface area contributed by atoms with Crippen molar-refractivity contribution in [3.8, 4) is 0 Å². The monoisotopic (exact) mass is 267 g/mol. The minimum absolute atomic E-state index is 0.335. The summed E-state index contributed by atoms with van der Waals surface area (Å²) in [5, 5.41) is 13.7. The number of benzene rings is 1. The molecule has 0 aromatic heterocycles. The molecule has 1 aromatic rings. The van der Waals surface area contributed by atoms with Crippen molar-refractivity contribution in [2.75, 3.05) is 13.2 Å². The van der Waals surface area contributed by atoms with Gasteiger partial charge in [-0.25, -0.2) is 0 Å². The summed E-state index contributed by atoms with van der Waals surface area (Å²) in [7, 11) is 0. The maximum Gasteiger partial charge on any atom is 0.0462 e. The van der Waals surface area contributed by atoms with E-state index in [1.807, 2.05) is 12.1 Å². The van der Waals surface area contributed by atoms with Crippen LogP contribution in [0.4, 0.5) is 0 Å². The van der Waals surface area contributed by atoms with Crippen molar-refractivity contribution in [3.63, 3.8) is 0 Å². The van der Waals surface area contributed by atoms with Crippen LogP contribution >= 0.6 is 11.6 Å². The Morgan fingerprint density at radius 3 is 2.61 bits per heavy atom. The zero-order valence-corrected chi connectivity index (χ0v) is 11.7. The predicted octanol–water partition coefficient (Wildman–Crippen LogP) is 3.40. The fourth-order valence-corrected chi connectivity index (χ4v) is 2.95. The Kier molecular flexibility index (Phi) is 5.04. The third-order valence-corrected chi connectivity index (χ3v) is 4.36. The Morgan fingerprint density at radius 1 is 1.28 bits per heavy atom. The number of aliphatic hydroxyl groups is 1. The molecular weight excluding hydrogens is 246 g/mol. The summed E-state index contributed by atoms with van der Waals surface area (Å²) < 4.78 is 0. The minimum Gasteiger partial charge on any atom is -0.396 e. The maximum absolute atomic E-state index is 9.31. The van der Waals surface area contributed by atoms with Gasteiger partial charge in [0, 0.05) is 17.7 Å². The van der Waals surface area contributed by atoms with E-state index in [0.29, 0.717) is 24.5 Å². The van der Waals surface area contributed by atoms with Crippen LogP contribution in [0.15, 0.2) is 24.3 Å². The Labute approximate surface area is 114 Å². The molecule has 100 valence electrons. The lowest BCUT2D eigenvalue weighted by Crippen LogP contribution is -2.28. The van der Waals surface area contributed by atoms with E-state index in [1.54, 1.807) is 0 Å². The molecule has 3 heteroatoms. The van der Waals surface area contributed by atoms with Gasteiger partial charge in [-0.1, -0.05) is 30.2 Å². The molecule has 0 saturated heterocycles. The Bertz CT molecular complexity index is 365. The van der Waals surface area contributed by atoms with Crippen LogP contribution in [0.2, 0.25) is 5.02 Å². The Balaban J connectivity index is 1.84. The second-order valence-corrected chi connectivity index (χ2v) is 5.75. The highest BCUT2D eigenvalue weighted by Gasteiger charge is 2.26. The second kappa shape index (κ2) is 6.55. The lowest BCUT2D eigenvalue weighted by molar-refractivity contribution is 0.190. The fraction of sp³-hybridized carbons (Fsp3) is 0.600. The van der Waals surface area contributed by atoms with E-state index >= 15 is 0 Å². The second-order valence-electron chi connectivity index (χ2n) is 5.32. The van der Waals surface area contributed by atoms with Gasteiger partial charge in [-0.15, -0.1) is 0 Å². The van der Waals surface area contributed by atoms with E-state index in [-0.39, 0.29) is 0 Å². The van der Waals surface area contributed by atoms with Gasteiger partial charge < -0.3 is 10.4 Å². The molecule has 2 rings (SSSR count). The predicted molar refractivity (Wildman–Crippen MR) is 75.8 cm³/mol. The quantitative estimate of drug-likeness (QED) is 0.857. The lowest BCUT2D eigenvalue weighted by atomic mass is 9.96. The van der Waals surface area contributed by atoms with E-state index in [4.69, 9.17) is 11.6 Å². The number of hydrogen-bond donors (Lipinski definition) is 2. The molecule has 1 fully saturated rings. The zero-order chi connectivity index (χ0) is 13.0. The van der Waals surface area contributed by atoms with Crippen LogP contribution < -0.4 is 5.32 Å². The topological polar surface area (TPSA) is 32.3 Å². The molecule has 1 aromatic carbocycles. The summed E-state index contributed by atoms with van der Waals surface area (Å²) in [5.74, 6) is 1.12. The molecule has 3 unspecified atom stereocenters. The van der Waals surface area contributed by atoms with Crippen molar-refractivity contribution >= 4 is 11.6 Å². The molecule has 1 saturated carbocycles. The Hall–Kier alpha value is -0.570. The summed E-state index contributed by atoms with van der Waals surface area (Å²) in [4.78, 5) is 0. The van der Waals surface area contributed by atoms with Gasteiger partial charge in [-0.05, 0) is 55.8 Å². The van der Waals surface area contributed by atoms with Crippen molar-refractivity contribution in [1.29, 1.82) is 0 Å². The standard InChI is InChI=1S/C15H22ClNO/c1-11(12-5-7-15(16)8-6-12)17-9-13-3-2-4-14(13)10-18/h5-8,11,13-14,17-18H,2-4,9-10H2,1H3. The van der Waals surface area contributed by atoms with E-state index < -0.39 is 0 Å². The van der Waals surface area contributed by atoms with E-state index in [0.717, 1.165) is 11.6 Å². The summed E-state index contributed by atoms with van der Waals surface area (Å²) in [5.41, 5.74) is 1.26. The SMILES string of the molecule is CC(NCC1CCCC1CO)c1ccc(Cl)cc1. The van der Waals surface area contributed by atoms with Gasteiger partial charge in [0.25, 0.3) is 0 Å². The van der Waals surface area contributed by atoms with Crippen LogP contribution in [0.5, 0.6) is 0 Å². The molecule has 0 heterocycles. The van der Waals surface area contributed by atoms with Crippen LogP contribution in [0.25, 0.3) is 0 Å². The van der Waals surface area contributed by atoms with Gasteiger partial charge in [-0.2, -0.15) is 0 Å². The first kappa shape index (κ1) is 13.9. The highest BCUT2D eigenvalue weighted by molar-refractivity contribution is 6.30. The fourth-order valence-electron chi connectivity index (χ4n) is 2.82. The molecule has 0 amide bonds. The van der Waals surface area contributed by atoms with Crippen LogP contribution in [0.1, 0.15) is 37.8 Å². The van der Waals surface area contributed by atoms with Crippen molar-refractivity contribution in [1.82, 2.24) is 5.32 Å². The average molecular weight is 268 g/mol. The third-order valence-electron chi connectivity index (χ3n) is 4.11. The van der Waals surface area contributed by atoms with Crippen molar-refractivity contribution in [2.45, 2.75) is 32.2 Å². The molecule has 18 heavy (non-hydrogen) atoms. The minimum atomic E-state index is 0.335. The number of aliphatic hydroxyl groups excluding tert-OH is 1. The summed E-state index contributed by atoms with van der Waals surface area (Å²) in [6.07, 6.45) is 3.68. The van der Waals surface area contributed by atoms with E-state index in [1.165, 1.54) is 24.8 Å². The van der Waals surface area contributed by atoms with Crippen LogP contribution in [0, 0.1) is 11.8 Å². The van der Waals surface area contributed by atoms with Crippen molar-refractivity contribution in [2.24, 2.45) is 11.8 Å². The number of hydrogen-bond acceptors (Lipinski definition) is 2. The summed E-state index contributed by atoms with van der Waals surface area (Å²) >= 11 is 5.89. The molecule has 2 nitrogen and oxygen atoms in total. The van der Waals surface area contributed by atoms with Gasteiger partial charge in [-0.3, -0.25) is 0 Å². The molecule has 2 N–H and O–H groups in total. The normalized spacial score (nSPS) is 25.3. The molecule has 0 aliphatic heterocycles. The van der Waals surface area contributed by atoms with E-state index in [9.17, 15) is 5.11 Å². The number of nitrogens with one attached hydrogen (secondary N) is 1. The summed E-state index contributed by atoms with van der Waals surface area (Å²) in [6, 6.07) is 8.33. The molecule has 1 aliphatic rings. The molecule has 3 atom stereocenters. The van der Waals surface area contributed by atoms with Crippen LogP contribution in [-0.2, 0) is 0 Å². The van der Waals surface area contributed by atoms with Crippen molar-refractivity contribution in [3.05, 3.63) is 34.9 Å². The van der Waals surface area contributed by atoms with Crippen molar-refractivity contribution < 1.29 is 5.11 Å². The first-order valence-electron chi connectivity index (χ1n) is 6.80. The first-order chi connectivity index (χ1) is 8.70. The lowest BCUT2D eigenvalue weighted by Gasteiger charge is -2.21. The highest BCUT2D eigenvalue weighted by Crippen LogP contribution is 2.31. The maximum atomic E-state index is 9.31. The van der Waals surface area contributed by atoms with Gasteiger partial charge in [0.1, 0.15) is 0 Å². The number of halogens is 1. The van der Waals surface area contributed by atoms with Crippen LogP contribution in [-0.4, -0.2) is 18.3 Å². The largest absolute Gasteiger partial charge is 0.396 e. The molecular formula is C15H22ClNO. The highest BCUT2D eigenvalue weighted by atomic mass is 35.5. The molecule has 0 spiro atoms. The van der Waals surface area contributed by atoms with E-state index in [2.05, 4.69) is 24.4 Å². The molecule has 0 bridgehead atoms. The average Bonchev–Trinajstić information content (AvgIpc) is 2.84. The van der Waals surface area contributed by atoms with Gasteiger partial charge in [0.2, 0.25) is 0 Å². The molecule has 0 radical (unpaired) electrons. The van der Waals surface area contributed by atoms with Gasteiger partial charge >= 0.3 is 0 Å². The third kappa shape index (κ3) is 3.47. The smallest absolute Gasteiger partial charge is 0.0462 e.